The average Bonchev–Trinajstić information content (AvgIpc) is 2.96. The van der Waals surface area contributed by atoms with E-state index in [1.54, 1.807) is 0 Å². The van der Waals surface area contributed by atoms with Crippen LogP contribution in [0, 0.1) is 5.92 Å². The fourth-order valence-electron chi connectivity index (χ4n) is 3.55. The number of sulfonamides is 1. The van der Waals surface area contributed by atoms with Crippen molar-refractivity contribution in [2.75, 3.05) is 0 Å². The molecule has 2 aliphatic rings. The van der Waals surface area contributed by atoms with Gasteiger partial charge in [-0.05, 0) is 29.0 Å². The van der Waals surface area contributed by atoms with Crippen molar-refractivity contribution in [2.45, 2.75) is 24.1 Å². The van der Waals surface area contributed by atoms with Crippen LogP contribution in [0.3, 0.4) is 0 Å². The van der Waals surface area contributed by atoms with Crippen LogP contribution in [0.15, 0.2) is 54.6 Å². The third-order valence-electron chi connectivity index (χ3n) is 4.55. The first-order valence-corrected chi connectivity index (χ1v) is 8.91. The zero-order valence-corrected chi connectivity index (χ0v) is 12.4. The topological polar surface area (TPSA) is 46.2 Å². The van der Waals surface area contributed by atoms with E-state index in [0.29, 0.717) is 11.8 Å². The van der Waals surface area contributed by atoms with Gasteiger partial charge in [0.15, 0.2) is 0 Å². The highest BCUT2D eigenvalue weighted by molar-refractivity contribution is 7.88. The smallest absolute Gasteiger partial charge is 0.212 e. The van der Waals surface area contributed by atoms with Gasteiger partial charge in [-0.1, -0.05) is 54.6 Å². The fraction of sp³-hybridized carbons (Fsp3) is 0.294. The lowest BCUT2D eigenvalue weighted by Crippen LogP contribution is -2.30. The van der Waals surface area contributed by atoms with Gasteiger partial charge in [-0.3, -0.25) is 0 Å². The molecule has 2 aromatic rings. The molecule has 2 aliphatic carbocycles. The molecule has 0 saturated heterocycles. The number of nitrogens with one attached hydrogen (secondary N) is 1. The summed E-state index contributed by atoms with van der Waals surface area (Å²) >= 11 is 0. The number of benzene rings is 2. The van der Waals surface area contributed by atoms with Crippen molar-refractivity contribution >= 4 is 10.0 Å². The van der Waals surface area contributed by atoms with Crippen molar-refractivity contribution in [3.05, 3.63) is 71.3 Å². The molecule has 0 aliphatic heterocycles. The summed E-state index contributed by atoms with van der Waals surface area (Å²) in [5.41, 5.74) is 3.54. The normalized spacial score (nSPS) is 26.2. The molecule has 0 amide bonds. The van der Waals surface area contributed by atoms with Gasteiger partial charge in [0.05, 0.1) is 5.75 Å². The van der Waals surface area contributed by atoms with Gasteiger partial charge in [0, 0.05) is 12.0 Å². The first-order valence-electron chi connectivity index (χ1n) is 7.26. The maximum absolute atomic E-state index is 12.3. The summed E-state index contributed by atoms with van der Waals surface area (Å²) in [6.07, 6.45) is 0.999. The van der Waals surface area contributed by atoms with Crippen molar-refractivity contribution in [3.63, 3.8) is 0 Å². The molecule has 4 rings (SSSR count). The van der Waals surface area contributed by atoms with E-state index in [4.69, 9.17) is 0 Å². The third kappa shape index (κ3) is 2.39. The van der Waals surface area contributed by atoms with Gasteiger partial charge < -0.3 is 0 Å². The van der Waals surface area contributed by atoms with Crippen molar-refractivity contribution in [1.82, 2.24) is 4.72 Å². The molecule has 4 heteroatoms. The van der Waals surface area contributed by atoms with Crippen molar-refractivity contribution in [1.29, 1.82) is 0 Å². The molecule has 2 aromatic carbocycles. The van der Waals surface area contributed by atoms with Crippen LogP contribution in [0.4, 0.5) is 0 Å². The minimum absolute atomic E-state index is 0.0609. The van der Waals surface area contributed by atoms with Crippen LogP contribution in [0.2, 0.25) is 0 Å². The lowest BCUT2D eigenvalue weighted by atomic mass is 10.1. The lowest BCUT2D eigenvalue weighted by molar-refractivity contribution is 0.574. The molecular formula is C17H17NO2S. The summed E-state index contributed by atoms with van der Waals surface area (Å²) in [5.74, 6) is 0.894. The minimum Gasteiger partial charge on any atom is -0.212 e. The molecule has 0 bridgehead atoms. The molecule has 1 fully saturated rings. The Balaban J connectivity index is 1.47. The Hall–Kier alpha value is -1.65. The standard InChI is InChI=1S/C17H17NO2S/c19-21(20,11-12-6-2-1-3-7-12)18-17-15-10-13-8-4-5-9-14(13)16(15)17/h1-9,15-18H,10-11H2/t15-,16-,17-/m1/s1. The molecule has 1 saturated carbocycles. The van der Waals surface area contributed by atoms with Gasteiger partial charge in [-0.25, -0.2) is 13.1 Å². The van der Waals surface area contributed by atoms with Crippen molar-refractivity contribution in [2.24, 2.45) is 5.92 Å². The highest BCUT2D eigenvalue weighted by Crippen LogP contribution is 2.56. The van der Waals surface area contributed by atoms with E-state index in [0.717, 1.165) is 12.0 Å². The van der Waals surface area contributed by atoms with E-state index in [9.17, 15) is 8.42 Å². The summed E-state index contributed by atoms with van der Waals surface area (Å²) < 4.78 is 27.5. The van der Waals surface area contributed by atoms with Crippen molar-refractivity contribution < 1.29 is 8.42 Å². The van der Waals surface area contributed by atoms with E-state index < -0.39 is 10.0 Å². The Labute approximate surface area is 125 Å². The molecule has 0 aromatic heterocycles. The predicted molar refractivity (Wildman–Crippen MR) is 82.4 cm³/mol. The summed E-state index contributed by atoms with van der Waals surface area (Å²) in [6, 6.07) is 17.8. The molecule has 21 heavy (non-hydrogen) atoms. The Kier molecular flexibility index (Phi) is 2.91. The van der Waals surface area contributed by atoms with Crippen LogP contribution in [0.1, 0.15) is 22.6 Å². The van der Waals surface area contributed by atoms with Gasteiger partial charge in [0.25, 0.3) is 0 Å². The largest absolute Gasteiger partial charge is 0.216 e. The Morgan fingerprint density at radius 1 is 1.00 bits per heavy atom. The highest BCUT2D eigenvalue weighted by atomic mass is 32.2. The molecule has 108 valence electrons. The minimum atomic E-state index is -3.27. The van der Waals surface area contributed by atoms with E-state index in [1.807, 2.05) is 36.4 Å². The van der Waals surface area contributed by atoms with Gasteiger partial charge in [-0.2, -0.15) is 0 Å². The molecule has 0 heterocycles. The molecule has 0 radical (unpaired) electrons. The molecular weight excluding hydrogens is 282 g/mol. The number of fused-ring (bicyclic) bond motifs is 3. The van der Waals surface area contributed by atoms with E-state index in [-0.39, 0.29) is 11.8 Å². The maximum atomic E-state index is 12.3. The summed E-state index contributed by atoms with van der Waals surface area (Å²) in [7, 11) is -3.27. The first-order chi connectivity index (χ1) is 10.1. The fourth-order valence-corrected chi connectivity index (χ4v) is 5.01. The monoisotopic (exact) mass is 299 g/mol. The average molecular weight is 299 g/mol. The zero-order valence-electron chi connectivity index (χ0n) is 11.6. The van der Waals surface area contributed by atoms with Gasteiger partial charge in [0.2, 0.25) is 10.0 Å². The van der Waals surface area contributed by atoms with E-state index >= 15 is 0 Å². The van der Waals surface area contributed by atoms with Gasteiger partial charge in [-0.15, -0.1) is 0 Å². The molecule has 3 atom stereocenters. The van der Waals surface area contributed by atoms with Crippen LogP contribution in [-0.2, 0) is 22.2 Å². The van der Waals surface area contributed by atoms with Crippen LogP contribution in [0.5, 0.6) is 0 Å². The summed E-state index contributed by atoms with van der Waals surface area (Å²) in [4.78, 5) is 0. The summed E-state index contributed by atoms with van der Waals surface area (Å²) in [5, 5.41) is 0. The first kappa shape index (κ1) is 13.0. The van der Waals surface area contributed by atoms with E-state index in [2.05, 4.69) is 22.9 Å². The lowest BCUT2D eigenvalue weighted by Gasteiger charge is -2.10. The molecule has 0 spiro atoms. The second-order valence-corrected chi connectivity index (χ2v) is 7.73. The van der Waals surface area contributed by atoms with Gasteiger partial charge >= 0.3 is 0 Å². The number of hydrogen-bond acceptors (Lipinski definition) is 2. The van der Waals surface area contributed by atoms with E-state index in [1.165, 1.54) is 11.1 Å². The highest BCUT2D eigenvalue weighted by Gasteiger charge is 2.56. The number of hydrogen-bond donors (Lipinski definition) is 1. The molecule has 1 N–H and O–H groups in total. The Bertz CT molecular complexity index is 770. The maximum Gasteiger partial charge on any atom is 0.216 e. The van der Waals surface area contributed by atoms with Crippen LogP contribution in [0.25, 0.3) is 0 Å². The zero-order chi connectivity index (χ0) is 14.4. The SMILES string of the molecule is O=S(=O)(Cc1ccccc1)N[C@@H]1[C@@H]2Cc3ccccc3[C@H]21. The second kappa shape index (κ2) is 4.68. The van der Waals surface area contributed by atoms with Gasteiger partial charge in [0.1, 0.15) is 0 Å². The van der Waals surface area contributed by atoms with Crippen LogP contribution in [-0.4, -0.2) is 14.5 Å². The predicted octanol–water partition coefficient (Wildman–Crippen LogP) is 2.44. The number of rotatable bonds is 4. The molecule has 3 nitrogen and oxygen atoms in total. The Morgan fingerprint density at radius 3 is 2.52 bits per heavy atom. The quantitative estimate of drug-likeness (QED) is 0.942. The Morgan fingerprint density at radius 2 is 1.71 bits per heavy atom. The third-order valence-corrected chi connectivity index (χ3v) is 5.90. The summed E-state index contributed by atoms with van der Waals surface area (Å²) in [6.45, 7) is 0. The second-order valence-electron chi connectivity index (χ2n) is 5.98. The molecule has 0 unspecified atom stereocenters. The van der Waals surface area contributed by atoms with Crippen LogP contribution < -0.4 is 4.72 Å². The van der Waals surface area contributed by atoms with Crippen LogP contribution >= 0.6 is 0 Å². The van der Waals surface area contributed by atoms with Crippen molar-refractivity contribution in [3.8, 4) is 0 Å².